The van der Waals surface area contributed by atoms with E-state index < -0.39 is 29.7 Å². The molecule has 1 fully saturated rings. The fourth-order valence-corrected chi connectivity index (χ4v) is 2.26. The lowest BCUT2D eigenvalue weighted by Crippen LogP contribution is -2.30. The van der Waals surface area contributed by atoms with Gasteiger partial charge in [0.1, 0.15) is 12.5 Å². The summed E-state index contributed by atoms with van der Waals surface area (Å²) in [6.07, 6.45) is 5.33. The van der Waals surface area contributed by atoms with Crippen molar-refractivity contribution in [2.45, 2.75) is 25.9 Å². The molecule has 1 aliphatic heterocycles. The molecule has 1 aliphatic carbocycles. The largest absolute Gasteiger partial charge is 0.508 e. The SMILES string of the molecule is C=CC(=O)O.C=O.Cc1ccccc1O.ClCC1CO1.O=C(O)C1CC=CCC1C(=O)O. The number of aryl methyl sites for hydroxylation is 1. The predicted molar refractivity (Wildman–Crippen MR) is 119 cm³/mol. The van der Waals surface area contributed by atoms with Crippen molar-refractivity contribution in [3.8, 4) is 5.75 Å². The van der Waals surface area contributed by atoms with Gasteiger partial charge in [-0.25, -0.2) is 4.79 Å². The van der Waals surface area contributed by atoms with Gasteiger partial charge in [-0.15, -0.1) is 11.6 Å². The average molecular weight is 473 g/mol. The highest BCUT2D eigenvalue weighted by Crippen LogP contribution is 2.25. The van der Waals surface area contributed by atoms with Gasteiger partial charge >= 0.3 is 17.9 Å². The second-order valence-corrected chi connectivity index (χ2v) is 6.58. The zero-order chi connectivity index (χ0) is 25.1. The van der Waals surface area contributed by atoms with Crippen molar-refractivity contribution in [3.05, 3.63) is 54.6 Å². The molecule has 0 spiro atoms. The summed E-state index contributed by atoms with van der Waals surface area (Å²) in [5.41, 5.74) is 0.924. The lowest BCUT2D eigenvalue weighted by Gasteiger charge is -2.20. The molecule has 2 aliphatic rings. The number of aliphatic carboxylic acids is 3. The van der Waals surface area contributed by atoms with Crippen molar-refractivity contribution >= 4 is 36.3 Å². The molecule has 0 bridgehead atoms. The number of aromatic hydroxyl groups is 1. The standard InChI is InChI=1S/C8H10O4.C7H8O.C3H5ClO.C3H4O2.CH2O/c9-7(10)5-3-1-2-4-6(5)8(11)12;1-6-4-2-3-5-7(6)8;4-1-3-2-5-3;1-2-3(4)5;1-2/h1-2,5-6H,3-4H2,(H,9,10)(H,11,12);2-5,8H,1H3;3H,1-2H2;2H,1H2,(H,4,5);1H2. The Morgan fingerprint density at radius 2 is 1.47 bits per heavy atom. The smallest absolute Gasteiger partial charge is 0.327 e. The van der Waals surface area contributed by atoms with E-state index in [1.165, 1.54) is 0 Å². The molecule has 9 nitrogen and oxygen atoms in total. The van der Waals surface area contributed by atoms with Gasteiger partial charge in [-0.3, -0.25) is 9.59 Å². The van der Waals surface area contributed by atoms with Crippen LogP contribution < -0.4 is 0 Å². The van der Waals surface area contributed by atoms with Crippen LogP contribution in [0.5, 0.6) is 5.75 Å². The number of halogens is 1. The minimum Gasteiger partial charge on any atom is -0.508 e. The van der Waals surface area contributed by atoms with Gasteiger partial charge in [-0.05, 0) is 31.4 Å². The van der Waals surface area contributed by atoms with Gasteiger partial charge < -0.3 is 30.0 Å². The summed E-state index contributed by atoms with van der Waals surface area (Å²) in [6.45, 7) is 7.71. The van der Waals surface area contributed by atoms with Crippen molar-refractivity contribution in [1.82, 2.24) is 0 Å². The zero-order valence-corrected chi connectivity index (χ0v) is 18.5. The van der Waals surface area contributed by atoms with Crippen LogP contribution in [-0.2, 0) is 23.9 Å². The zero-order valence-electron chi connectivity index (χ0n) is 17.7. The molecule has 3 unspecified atom stereocenters. The number of alkyl halides is 1. The lowest BCUT2D eigenvalue weighted by molar-refractivity contribution is -0.153. The van der Waals surface area contributed by atoms with Gasteiger partial charge in [-0.1, -0.05) is 36.9 Å². The number of rotatable bonds is 4. The number of ether oxygens (including phenoxy) is 1. The Morgan fingerprint density at radius 3 is 1.66 bits per heavy atom. The highest BCUT2D eigenvalue weighted by Gasteiger charge is 2.33. The van der Waals surface area contributed by atoms with Crippen LogP contribution in [0.2, 0.25) is 0 Å². The number of para-hydroxylation sites is 1. The quantitative estimate of drug-likeness (QED) is 0.223. The minimum atomic E-state index is -1.02. The molecule has 1 aromatic carbocycles. The first-order valence-electron chi connectivity index (χ1n) is 9.30. The van der Waals surface area contributed by atoms with Gasteiger partial charge in [0.25, 0.3) is 0 Å². The number of benzene rings is 1. The van der Waals surface area contributed by atoms with E-state index in [0.717, 1.165) is 18.2 Å². The minimum absolute atomic E-state index is 0.326. The Bertz CT molecular complexity index is 700. The number of carboxylic acids is 3. The van der Waals surface area contributed by atoms with Crippen LogP contribution in [0.4, 0.5) is 0 Å². The molecule has 0 aromatic heterocycles. The molecule has 32 heavy (non-hydrogen) atoms. The number of carbonyl (C=O) groups excluding carboxylic acids is 1. The number of hydrogen-bond donors (Lipinski definition) is 4. The summed E-state index contributed by atoms with van der Waals surface area (Å²) in [5, 5.41) is 33.8. The third-order valence-electron chi connectivity index (χ3n) is 3.93. The lowest BCUT2D eigenvalue weighted by atomic mass is 9.83. The summed E-state index contributed by atoms with van der Waals surface area (Å²) in [6, 6.07) is 7.25. The summed E-state index contributed by atoms with van der Waals surface area (Å²) in [4.78, 5) is 38.4. The number of phenols is 1. The van der Waals surface area contributed by atoms with E-state index in [0.29, 0.717) is 30.6 Å². The van der Waals surface area contributed by atoms with E-state index in [-0.39, 0.29) is 0 Å². The number of carboxylic acid groups (broad SMARTS) is 3. The highest BCUT2D eigenvalue weighted by molar-refractivity contribution is 6.18. The van der Waals surface area contributed by atoms with Crippen molar-refractivity contribution in [2.24, 2.45) is 11.8 Å². The first-order valence-corrected chi connectivity index (χ1v) is 9.84. The molecular formula is C22H29ClO9. The van der Waals surface area contributed by atoms with E-state index in [4.69, 9.17) is 41.6 Å². The number of allylic oxidation sites excluding steroid dienone is 2. The van der Waals surface area contributed by atoms with Crippen LogP contribution in [0.15, 0.2) is 49.1 Å². The summed E-state index contributed by atoms with van der Waals surface area (Å²) in [5.74, 6) is -3.50. The maximum atomic E-state index is 10.6. The monoisotopic (exact) mass is 472 g/mol. The normalized spacial score (nSPS) is 19.4. The van der Waals surface area contributed by atoms with Crippen molar-refractivity contribution in [3.63, 3.8) is 0 Å². The van der Waals surface area contributed by atoms with E-state index in [1.54, 1.807) is 18.2 Å². The van der Waals surface area contributed by atoms with Crippen molar-refractivity contribution in [2.75, 3.05) is 12.5 Å². The average Bonchev–Trinajstić information content (AvgIpc) is 3.63. The van der Waals surface area contributed by atoms with Gasteiger partial charge in [0.05, 0.1) is 30.4 Å². The third kappa shape index (κ3) is 15.6. The Balaban J connectivity index is 0. The molecule has 0 amide bonds. The highest BCUT2D eigenvalue weighted by atomic mass is 35.5. The Hall–Kier alpha value is -3.17. The van der Waals surface area contributed by atoms with E-state index in [2.05, 4.69) is 6.58 Å². The second-order valence-electron chi connectivity index (χ2n) is 6.27. The van der Waals surface area contributed by atoms with Crippen molar-refractivity contribution in [1.29, 1.82) is 0 Å². The van der Waals surface area contributed by atoms with Crippen LogP contribution in [0.25, 0.3) is 0 Å². The van der Waals surface area contributed by atoms with Crippen LogP contribution in [-0.4, -0.2) is 63.7 Å². The molecule has 1 heterocycles. The van der Waals surface area contributed by atoms with E-state index in [9.17, 15) is 14.4 Å². The topological polar surface area (TPSA) is 162 Å². The van der Waals surface area contributed by atoms with Crippen LogP contribution in [0.1, 0.15) is 18.4 Å². The Morgan fingerprint density at radius 1 is 1.06 bits per heavy atom. The number of hydrogen-bond acceptors (Lipinski definition) is 6. The maximum Gasteiger partial charge on any atom is 0.327 e. The van der Waals surface area contributed by atoms with Gasteiger partial charge in [0, 0.05) is 6.08 Å². The molecule has 0 saturated carbocycles. The molecular weight excluding hydrogens is 444 g/mol. The van der Waals surface area contributed by atoms with E-state index >= 15 is 0 Å². The fraction of sp³-hybridized carbons (Fsp3) is 0.364. The molecule has 178 valence electrons. The van der Waals surface area contributed by atoms with Crippen LogP contribution >= 0.6 is 11.6 Å². The predicted octanol–water partition coefficient (Wildman–Crippen LogP) is 3.13. The molecule has 1 aromatic rings. The molecule has 1 saturated heterocycles. The van der Waals surface area contributed by atoms with Gasteiger partial charge in [0.2, 0.25) is 0 Å². The Labute approximate surface area is 191 Å². The molecule has 3 atom stereocenters. The molecule has 3 rings (SSSR count). The fourth-order valence-electron chi connectivity index (χ4n) is 2.08. The second kappa shape index (κ2) is 18.6. The number of epoxide rings is 1. The third-order valence-corrected chi connectivity index (χ3v) is 4.28. The summed E-state index contributed by atoms with van der Waals surface area (Å²) >= 11 is 5.27. The Kier molecular flexibility index (Phi) is 18.0. The van der Waals surface area contributed by atoms with E-state index in [1.807, 2.05) is 31.9 Å². The number of phenolic OH excluding ortho intramolecular Hbond substituents is 1. The maximum absolute atomic E-state index is 10.6. The van der Waals surface area contributed by atoms with Gasteiger partial charge in [0.15, 0.2) is 0 Å². The first kappa shape index (κ1) is 31.0. The van der Waals surface area contributed by atoms with Crippen LogP contribution in [0, 0.1) is 18.8 Å². The first-order chi connectivity index (χ1) is 15.1. The molecule has 4 N–H and O–H groups in total. The summed E-state index contributed by atoms with van der Waals surface area (Å²) in [7, 11) is 0. The molecule has 0 radical (unpaired) electrons. The van der Waals surface area contributed by atoms with Crippen LogP contribution in [0.3, 0.4) is 0 Å². The van der Waals surface area contributed by atoms with Gasteiger partial charge in [-0.2, -0.15) is 0 Å². The number of carbonyl (C=O) groups is 4. The molecule has 10 heteroatoms. The van der Waals surface area contributed by atoms with Crippen molar-refractivity contribution < 1.29 is 44.3 Å². The summed E-state index contributed by atoms with van der Waals surface area (Å²) < 4.78 is 4.73.